The Bertz CT molecular complexity index is 817. The summed E-state index contributed by atoms with van der Waals surface area (Å²) in [6.07, 6.45) is 0.801. The van der Waals surface area contributed by atoms with E-state index in [1.165, 1.54) is 18.2 Å². The van der Waals surface area contributed by atoms with Crippen LogP contribution in [-0.4, -0.2) is 58.9 Å². The van der Waals surface area contributed by atoms with Crippen molar-refractivity contribution < 1.29 is 18.3 Å². The van der Waals surface area contributed by atoms with Gasteiger partial charge in [0.25, 0.3) is 0 Å². The van der Waals surface area contributed by atoms with Crippen molar-refractivity contribution in [2.24, 2.45) is 4.99 Å². The molecule has 0 spiro atoms. The van der Waals surface area contributed by atoms with Crippen molar-refractivity contribution in [3.8, 4) is 5.75 Å². The van der Waals surface area contributed by atoms with Crippen molar-refractivity contribution in [1.82, 2.24) is 10.2 Å². The molecule has 0 saturated heterocycles. The third kappa shape index (κ3) is 8.58. The van der Waals surface area contributed by atoms with Gasteiger partial charge in [0, 0.05) is 51.0 Å². The fraction of sp³-hybridized carbons (Fsp3) is 0.409. The van der Waals surface area contributed by atoms with Gasteiger partial charge < -0.3 is 25.0 Å². The number of aliphatic imine (C=N–C) groups is 1. The first-order valence-corrected chi connectivity index (χ1v) is 9.76. The first-order valence-electron chi connectivity index (χ1n) is 9.76. The predicted octanol–water partition coefficient (Wildman–Crippen LogP) is 4.29. The number of halogens is 3. The van der Waals surface area contributed by atoms with E-state index in [0.29, 0.717) is 19.2 Å². The van der Waals surface area contributed by atoms with Crippen molar-refractivity contribution in [3.63, 3.8) is 0 Å². The Morgan fingerprint density at radius 1 is 1.10 bits per heavy atom. The minimum Gasteiger partial charge on any atom is -0.493 e. The van der Waals surface area contributed by atoms with Gasteiger partial charge in [-0.15, -0.1) is 24.0 Å². The fourth-order valence-electron chi connectivity index (χ4n) is 2.94. The summed E-state index contributed by atoms with van der Waals surface area (Å²) in [4.78, 5) is 5.96. The number of guanidine groups is 1. The molecule has 0 saturated carbocycles. The second kappa shape index (κ2) is 14.2. The average molecular weight is 548 g/mol. The molecule has 1 unspecified atom stereocenters. The molecule has 6 nitrogen and oxygen atoms in total. The molecule has 2 N–H and O–H groups in total. The summed E-state index contributed by atoms with van der Waals surface area (Å²) in [6.45, 7) is 1.46. The summed E-state index contributed by atoms with van der Waals surface area (Å²) in [7, 11) is 6.84. The number of hydrogen-bond acceptors (Lipinski definition) is 4. The van der Waals surface area contributed by atoms with Crippen LogP contribution in [0, 0.1) is 11.6 Å². The minimum atomic E-state index is -0.572. The standard InChI is InChI=1S/C22H30F2N4O2.HI/c1-25-22(27-16-8-5-9-17(14-16)30-13-7-12-29-4)26-15-20(28(2)3)21-18(23)10-6-11-19(21)24;/h5-6,8-11,14,20H,7,12-13,15H2,1-4H3,(H2,25,26,27);1H. The third-order valence-corrected chi connectivity index (χ3v) is 4.50. The van der Waals surface area contributed by atoms with Gasteiger partial charge in [-0.1, -0.05) is 12.1 Å². The highest BCUT2D eigenvalue weighted by atomic mass is 127. The molecule has 0 heterocycles. The highest BCUT2D eigenvalue weighted by molar-refractivity contribution is 14.0. The van der Waals surface area contributed by atoms with Crippen LogP contribution >= 0.6 is 24.0 Å². The maximum Gasteiger partial charge on any atom is 0.195 e. The number of methoxy groups -OCH3 is 1. The molecule has 0 aromatic heterocycles. The Hall–Kier alpha value is -1.98. The Morgan fingerprint density at radius 3 is 2.39 bits per heavy atom. The molecule has 0 radical (unpaired) electrons. The first kappa shape index (κ1) is 27.1. The van der Waals surface area contributed by atoms with Crippen LogP contribution in [0.2, 0.25) is 0 Å². The van der Waals surface area contributed by atoms with Gasteiger partial charge in [0.15, 0.2) is 5.96 Å². The summed E-state index contributed by atoms with van der Waals surface area (Å²) in [5.41, 5.74) is 0.808. The van der Waals surface area contributed by atoms with E-state index in [0.717, 1.165) is 17.9 Å². The van der Waals surface area contributed by atoms with E-state index in [4.69, 9.17) is 9.47 Å². The molecule has 0 amide bonds. The lowest BCUT2D eigenvalue weighted by Crippen LogP contribution is -2.38. The Labute approximate surface area is 200 Å². The molecule has 0 aliphatic heterocycles. The number of nitrogens with one attached hydrogen (secondary N) is 2. The number of benzene rings is 2. The van der Waals surface area contributed by atoms with Crippen LogP contribution in [0.5, 0.6) is 5.75 Å². The summed E-state index contributed by atoms with van der Waals surface area (Å²) in [6, 6.07) is 10.9. The van der Waals surface area contributed by atoms with E-state index < -0.39 is 17.7 Å². The summed E-state index contributed by atoms with van der Waals surface area (Å²) >= 11 is 0. The Balaban J connectivity index is 0.00000480. The fourth-order valence-corrected chi connectivity index (χ4v) is 2.94. The highest BCUT2D eigenvalue weighted by Gasteiger charge is 2.22. The third-order valence-electron chi connectivity index (χ3n) is 4.50. The molecule has 0 bridgehead atoms. The maximum atomic E-state index is 14.2. The van der Waals surface area contributed by atoms with Crippen molar-refractivity contribution in [2.75, 3.05) is 53.3 Å². The summed E-state index contributed by atoms with van der Waals surface area (Å²) < 4.78 is 39.2. The van der Waals surface area contributed by atoms with Crippen molar-refractivity contribution in [3.05, 3.63) is 59.7 Å². The maximum absolute atomic E-state index is 14.2. The van der Waals surface area contributed by atoms with Crippen LogP contribution in [0.1, 0.15) is 18.0 Å². The molecule has 0 fully saturated rings. The van der Waals surface area contributed by atoms with Gasteiger partial charge >= 0.3 is 0 Å². The van der Waals surface area contributed by atoms with Gasteiger partial charge in [-0.05, 0) is 38.4 Å². The van der Waals surface area contributed by atoms with Crippen LogP contribution in [0.25, 0.3) is 0 Å². The zero-order chi connectivity index (χ0) is 21.9. The molecule has 1 atom stereocenters. The molecule has 0 aliphatic carbocycles. The SMILES string of the molecule is CN=C(NCC(c1c(F)cccc1F)N(C)C)Nc1cccc(OCCCOC)c1.I. The molecule has 172 valence electrons. The summed E-state index contributed by atoms with van der Waals surface area (Å²) in [5.74, 6) is 0.0646. The average Bonchev–Trinajstić information content (AvgIpc) is 2.72. The molecule has 2 aromatic rings. The van der Waals surface area contributed by atoms with Crippen molar-refractivity contribution >= 4 is 35.6 Å². The van der Waals surface area contributed by atoms with E-state index >= 15 is 0 Å². The number of hydrogen-bond donors (Lipinski definition) is 2. The number of ether oxygens (including phenoxy) is 2. The van der Waals surface area contributed by atoms with Crippen molar-refractivity contribution in [1.29, 1.82) is 0 Å². The van der Waals surface area contributed by atoms with Crippen molar-refractivity contribution in [2.45, 2.75) is 12.5 Å². The van der Waals surface area contributed by atoms with Gasteiger partial charge in [0.2, 0.25) is 0 Å². The molecule has 0 aliphatic rings. The van der Waals surface area contributed by atoms with Crippen LogP contribution in [0.15, 0.2) is 47.5 Å². The van der Waals surface area contributed by atoms with Crippen LogP contribution in [0.3, 0.4) is 0 Å². The largest absolute Gasteiger partial charge is 0.493 e. The van der Waals surface area contributed by atoms with E-state index in [-0.39, 0.29) is 36.1 Å². The number of likely N-dealkylation sites (N-methyl/N-ethyl adjacent to an activating group) is 1. The van der Waals surface area contributed by atoms with Gasteiger partial charge in [0.1, 0.15) is 17.4 Å². The number of rotatable bonds is 10. The zero-order valence-electron chi connectivity index (χ0n) is 18.3. The number of anilines is 1. The minimum absolute atomic E-state index is 0. The van der Waals surface area contributed by atoms with Crippen LogP contribution in [0.4, 0.5) is 14.5 Å². The Morgan fingerprint density at radius 2 is 1.77 bits per heavy atom. The quantitative estimate of drug-likeness (QED) is 0.201. The van der Waals surface area contributed by atoms with Crippen LogP contribution in [-0.2, 0) is 4.74 Å². The monoisotopic (exact) mass is 548 g/mol. The second-order valence-corrected chi connectivity index (χ2v) is 6.92. The molecular weight excluding hydrogens is 517 g/mol. The number of nitrogens with zero attached hydrogens (tertiary/aromatic N) is 2. The smallest absolute Gasteiger partial charge is 0.195 e. The molecular formula is C22H31F2IN4O2. The van der Waals surface area contributed by atoms with E-state index in [1.807, 2.05) is 24.3 Å². The van der Waals surface area contributed by atoms with E-state index in [1.54, 1.807) is 33.2 Å². The molecule has 9 heteroatoms. The lowest BCUT2D eigenvalue weighted by molar-refractivity contribution is 0.172. The van der Waals surface area contributed by atoms with Gasteiger partial charge in [-0.2, -0.15) is 0 Å². The van der Waals surface area contributed by atoms with Gasteiger partial charge in [-0.25, -0.2) is 8.78 Å². The van der Waals surface area contributed by atoms with E-state index in [9.17, 15) is 8.78 Å². The molecule has 31 heavy (non-hydrogen) atoms. The first-order chi connectivity index (χ1) is 14.5. The highest BCUT2D eigenvalue weighted by Crippen LogP contribution is 2.24. The zero-order valence-corrected chi connectivity index (χ0v) is 20.7. The summed E-state index contributed by atoms with van der Waals surface area (Å²) in [5, 5.41) is 6.31. The lowest BCUT2D eigenvalue weighted by Gasteiger charge is -2.26. The van der Waals surface area contributed by atoms with Gasteiger partial charge in [-0.3, -0.25) is 4.99 Å². The van der Waals surface area contributed by atoms with Gasteiger partial charge in [0.05, 0.1) is 12.6 Å². The van der Waals surface area contributed by atoms with Crippen LogP contribution < -0.4 is 15.4 Å². The van der Waals surface area contributed by atoms with E-state index in [2.05, 4.69) is 15.6 Å². The normalized spacial score (nSPS) is 12.3. The molecule has 2 aromatic carbocycles. The molecule has 2 rings (SSSR count). The lowest BCUT2D eigenvalue weighted by atomic mass is 10.0. The predicted molar refractivity (Wildman–Crippen MR) is 132 cm³/mol. The second-order valence-electron chi connectivity index (χ2n) is 6.92. The topological polar surface area (TPSA) is 58.1 Å². The Kier molecular flexibility index (Phi) is 12.4.